The minimum atomic E-state index is 0.921. The minimum absolute atomic E-state index is 0.921. The molecule has 0 saturated carbocycles. The van der Waals surface area contributed by atoms with Crippen LogP contribution in [0.15, 0.2) is 34.8 Å². The summed E-state index contributed by atoms with van der Waals surface area (Å²) in [6.45, 7) is 0.921. The Morgan fingerprint density at radius 2 is 2.50 bits per heavy atom. The number of hydrogen-bond donors (Lipinski definition) is 1. The van der Waals surface area contributed by atoms with Gasteiger partial charge < -0.3 is 0 Å². The van der Waals surface area contributed by atoms with Crippen LogP contribution in [0, 0.1) is 0 Å². The monoisotopic (exact) mass is 169 g/mol. The van der Waals surface area contributed by atoms with Crippen molar-refractivity contribution in [1.29, 1.82) is 0 Å². The molecule has 1 aliphatic carbocycles. The summed E-state index contributed by atoms with van der Waals surface area (Å²) in [5.74, 6) is 0. The predicted octanol–water partition coefficient (Wildman–Crippen LogP) is 2.18. The maximum atomic E-state index is 4.23. The summed E-state index contributed by atoms with van der Waals surface area (Å²) in [5.41, 5.74) is 1.34. The fourth-order valence-electron chi connectivity index (χ4n) is 0.997. The summed E-state index contributed by atoms with van der Waals surface area (Å²) in [5, 5.41) is 0. The molecule has 0 atom stereocenters. The van der Waals surface area contributed by atoms with E-state index in [1.165, 1.54) is 10.5 Å². The van der Waals surface area contributed by atoms with Crippen LogP contribution in [0.1, 0.15) is 0 Å². The van der Waals surface area contributed by atoms with E-state index in [-0.39, 0.29) is 0 Å². The van der Waals surface area contributed by atoms with Crippen LogP contribution in [0.4, 0.5) is 0 Å². The third kappa shape index (κ3) is 1.05. The summed E-state index contributed by atoms with van der Waals surface area (Å²) in [7, 11) is 0. The van der Waals surface area contributed by atoms with Gasteiger partial charge in [-0.25, -0.2) is 0 Å². The second kappa shape index (κ2) is 2.49. The summed E-state index contributed by atoms with van der Waals surface area (Å²) >= 11 is 5.91. The molecule has 0 bridgehead atoms. The number of hydrogen-bond acceptors (Lipinski definition) is 3. The van der Waals surface area contributed by atoms with Gasteiger partial charge in [-0.2, -0.15) is 3.71 Å². The normalized spacial score (nSPS) is 24.1. The first kappa shape index (κ1) is 6.58. The molecule has 0 aromatic rings. The average molecular weight is 169 g/mol. The van der Waals surface area contributed by atoms with E-state index in [1.807, 2.05) is 3.71 Å². The molecule has 0 spiro atoms. The molecule has 0 unspecified atom stereocenters. The molecule has 2 aliphatic rings. The Bertz CT molecular complexity index is 240. The highest BCUT2D eigenvalue weighted by Gasteiger charge is 2.14. The summed E-state index contributed by atoms with van der Waals surface area (Å²) in [6.07, 6.45) is 8.49. The van der Waals surface area contributed by atoms with E-state index in [2.05, 4.69) is 37.1 Å². The second-order valence-corrected chi connectivity index (χ2v) is 3.99. The van der Waals surface area contributed by atoms with Crippen LogP contribution in [-0.2, 0) is 0 Å². The van der Waals surface area contributed by atoms with E-state index in [0.717, 1.165) is 6.54 Å². The fourth-order valence-corrected chi connectivity index (χ4v) is 2.11. The van der Waals surface area contributed by atoms with Crippen LogP contribution in [0.25, 0.3) is 0 Å². The van der Waals surface area contributed by atoms with Crippen molar-refractivity contribution in [2.24, 2.45) is 0 Å². The van der Waals surface area contributed by atoms with Crippen molar-refractivity contribution in [3.63, 3.8) is 0 Å². The van der Waals surface area contributed by atoms with E-state index in [0.29, 0.717) is 0 Å². The molecular formula is C7H7NS2. The highest BCUT2D eigenvalue weighted by Crippen LogP contribution is 2.36. The van der Waals surface area contributed by atoms with Gasteiger partial charge >= 0.3 is 0 Å². The Morgan fingerprint density at radius 3 is 3.40 bits per heavy atom. The fraction of sp³-hybridized carbons (Fsp3) is 0.143. The van der Waals surface area contributed by atoms with E-state index >= 15 is 0 Å². The lowest BCUT2D eigenvalue weighted by Crippen LogP contribution is -2.07. The molecule has 0 N–H and O–H groups in total. The van der Waals surface area contributed by atoms with Gasteiger partial charge in [0.15, 0.2) is 0 Å². The lowest BCUT2D eigenvalue weighted by atomic mass is 10.3. The second-order valence-electron chi connectivity index (χ2n) is 2.18. The zero-order chi connectivity index (χ0) is 6.97. The van der Waals surface area contributed by atoms with E-state index in [9.17, 15) is 0 Å². The Kier molecular flexibility index (Phi) is 1.64. The summed E-state index contributed by atoms with van der Waals surface area (Å²) in [4.78, 5) is 1.31. The molecule has 1 nitrogen and oxygen atoms in total. The topological polar surface area (TPSA) is 3.24 Å². The zero-order valence-corrected chi connectivity index (χ0v) is 7.03. The Labute approximate surface area is 70.2 Å². The van der Waals surface area contributed by atoms with Gasteiger partial charge in [0.05, 0.1) is 0 Å². The molecule has 0 saturated heterocycles. The Hall–Kier alpha value is -0.120. The Balaban J connectivity index is 2.30. The van der Waals surface area contributed by atoms with E-state index < -0.39 is 0 Å². The first-order valence-electron chi connectivity index (χ1n) is 3.09. The molecule has 0 amide bonds. The lowest BCUT2D eigenvalue weighted by molar-refractivity contribution is 0.847. The van der Waals surface area contributed by atoms with Crippen molar-refractivity contribution < 1.29 is 0 Å². The molecule has 0 fully saturated rings. The van der Waals surface area contributed by atoms with Crippen molar-refractivity contribution in [3.8, 4) is 0 Å². The van der Waals surface area contributed by atoms with Gasteiger partial charge in [0, 0.05) is 11.4 Å². The highest BCUT2D eigenvalue weighted by atomic mass is 32.2. The van der Waals surface area contributed by atoms with Gasteiger partial charge in [-0.3, -0.25) is 0 Å². The van der Waals surface area contributed by atoms with Crippen molar-refractivity contribution in [1.82, 2.24) is 3.71 Å². The lowest BCUT2D eigenvalue weighted by Gasteiger charge is -2.18. The molecule has 0 aromatic carbocycles. The van der Waals surface area contributed by atoms with Gasteiger partial charge in [0.25, 0.3) is 0 Å². The summed E-state index contributed by atoms with van der Waals surface area (Å²) in [6, 6.07) is 0. The van der Waals surface area contributed by atoms with Crippen LogP contribution in [0.2, 0.25) is 0 Å². The first-order valence-corrected chi connectivity index (χ1v) is 4.27. The summed E-state index contributed by atoms with van der Waals surface area (Å²) < 4.78 is 1.92. The minimum Gasteiger partial charge on any atom is -0.189 e. The van der Waals surface area contributed by atoms with Crippen molar-refractivity contribution in [2.45, 2.75) is 0 Å². The molecule has 3 heteroatoms. The van der Waals surface area contributed by atoms with Gasteiger partial charge in [-0.05, 0) is 23.6 Å². The molecule has 10 heavy (non-hydrogen) atoms. The predicted molar refractivity (Wildman–Crippen MR) is 48.6 cm³/mol. The Morgan fingerprint density at radius 1 is 1.60 bits per heavy atom. The zero-order valence-electron chi connectivity index (χ0n) is 5.32. The first-order chi connectivity index (χ1) is 4.86. The van der Waals surface area contributed by atoms with Crippen LogP contribution < -0.4 is 0 Å². The number of fused-ring (bicyclic) bond motifs is 1. The molecule has 1 heterocycles. The van der Waals surface area contributed by atoms with Gasteiger partial charge in [0.1, 0.15) is 0 Å². The van der Waals surface area contributed by atoms with Gasteiger partial charge in [0.2, 0.25) is 0 Å². The quantitative estimate of drug-likeness (QED) is 0.437. The smallest absolute Gasteiger partial charge is 0.0393 e. The molecular weight excluding hydrogens is 162 g/mol. The highest BCUT2D eigenvalue weighted by molar-refractivity contribution is 8.08. The average Bonchev–Trinajstić information content (AvgIpc) is 2.33. The van der Waals surface area contributed by atoms with Crippen LogP contribution in [-0.4, -0.2) is 10.3 Å². The van der Waals surface area contributed by atoms with Crippen molar-refractivity contribution in [2.75, 3.05) is 6.54 Å². The van der Waals surface area contributed by atoms with Gasteiger partial charge in [-0.15, -0.1) is 0 Å². The number of nitrogens with zero attached hydrogens (tertiary/aromatic N) is 1. The van der Waals surface area contributed by atoms with E-state index in [4.69, 9.17) is 0 Å². The maximum Gasteiger partial charge on any atom is 0.0393 e. The molecule has 1 aliphatic heterocycles. The number of rotatable bonds is 0. The third-order valence-corrected chi connectivity index (χ3v) is 2.82. The van der Waals surface area contributed by atoms with Gasteiger partial charge in [-0.1, -0.05) is 31.0 Å². The number of thiol groups is 1. The molecule has 52 valence electrons. The number of allylic oxidation sites excluding steroid dienone is 4. The molecule has 0 aromatic heterocycles. The third-order valence-electron chi connectivity index (χ3n) is 1.48. The van der Waals surface area contributed by atoms with Crippen molar-refractivity contribution >= 4 is 24.8 Å². The maximum absolute atomic E-state index is 4.23. The van der Waals surface area contributed by atoms with E-state index in [1.54, 1.807) is 11.9 Å². The molecule has 0 radical (unpaired) electrons. The van der Waals surface area contributed by atoms with Crippen LogP contribution in [0.3, 0.4) is 0 Å². The largest absolute Gasteiger partial charge is 0.189 e. The van der Waals surface area contributed by atoms with Crippen molar-refractivity contribution in [3.05, 3.63) is 34.8 Å². The SMILES string of the molecule is SN1CC=C2C=CC=C2S1. The van der Waals surface area contributed by atoms with Crippen LogP contribution >= 0.6 is 24.8 Å². The standard InChI is InChI=1S/C7H7NS2/c9-8-5-4-6-2-1-3-7(6)10-8/h1-4,9H,5H2. The molecule has 2 rings (SSSR count). The van der Waals surface area contributed by atoms with Crippen LogP contribution in [0.5, 0.6) is 0 Å².